The van der Waals surface area contributed by atoms with Crippen molar-refractivity contribution >= 4 is 16.8 Å². The number of hydrogen-bond acceptors (Lipinski definition) is 2. The van der Waals surface area contributed by atoms with Gasteiger partial charge >= 0.3 is 0 Å². The van der Waals surface area contributed by atoms with Gasteiger partial charge in [-0.05, 0) is 36.8 Å². The molecule has 1 amide bonds. The Balaban J connectivity index is 1.85. The van der Waals surface area contributed by atoms with Crippen molar-refractivity contribution in [3.8, 4) is 0 Å². The Morgan fingerprint density at radius 3 is 2.95 bits per heavy atom. The SMILES string of the molecule is CCNC(=O)Cn1ccc2cccc(CNC3CC3)c21. The lowest BCUT2D eigenvalue weighted by molar-refractivity contribution is -0.121. The van der Waals surface area contributed by atoms with Gasteiger partial charge in [0, 0.05) is 25.3 Å². The van der Waals surface area contributed by atoms with Crippen LogP contribution in [0.4, 0.5) is 0 Å². The van der Waals surface area contributed by atoms with Crippen molar-refractivity contribution in [2.45, 2.75) is 38.9 Å². The minimum Gasteiger partial charge on any atom is -0.355 e. The molecule has 0 aliphatic heterocycles. The minimum atomic E-state index is 0.0648. The first kappa shape index (κ1) is 13.2. The van der Waals surface area contributed by atoms with E-state index in [0.29, 0.717) is 19.1 Å². The Morgan fingerprint density at radius 2 is 2.20 bits per heavy atom. The van der Waals surface area contributed by atoms with Crippen LogP contribution in [-0.2, 0) is 17.9 Å². The van der Waals surface area contributed by atoms with Crippen molar-refractivity contribution in [3.05, 3.63) is 36.0 Å². The van der Waals surface area contributed by atoms with Gasteiger partial charge in [0.05, 0.1) is 5.52 Å². The summed E-state index contributed by atoms with van der Waals surface area (Å²) in [6, 6.07) is 9.10. The van der Waals surface area contributed by atoms with E-state index in [1.807, 2.05) is 17.7 Å². The molecule has 2 N–H and O–H groups in total. The Kier molecular flexibility index (Phi) is 3.74. The van der Waals surface area contributed by atoms with E-state index in [0.717, 1.165) is 6.54 Å². The van der Waals surface area contributed by atoms with E-state index in [1.165, 1.54) is 29.3 Å². The van der Waals surface area contributed by atoms with Crippen LogP contribution in [0.3, 0.4) is 0 Å². The third kappa shape index (κ3) is 2.85. The molecule has 4 nitrogen and oxygen atoms in total. The number of aromatic nitrogens is 1. The Hall–Kier alpha value is -1.81. The average molecular weight is 271 g/mol. The first-order valence-corrected chi connectivity index (χ1v) is 7.34. The van der Waals surface area contributed by atoms with Gasteiger partial charge < -0.3 is 15.2 Å². The summed E-state index contributed by atoms with van der Waals surface area (Å²) in [7, 11) is 0. The molecular weight excluding hydrogens is 250 g/mol. The molecule has 1 aliphatic rings. The summed E-state index contributed by atoms with van der Waals surface area (Å²) in [6.45, 7) is 3.88. The maximum absolute atomic E-state index is 11.8. The van der Waals surface area contributed by atoms with Crippen molar-refractivity contribution in [2.75, 3.05) is 6.54 Å². The van der Waals surface area contributed by atoms with Crippen LogP contribution in [0.2, 0.25) is 0 Å². The van der Waals surface area contributed by atoms with Crippen molar-refractivity contribution < 1.29 is 4.79 Å². The zero-order valence-electron chi connectivity index (χ0n) is 11.9. The lowest BCUT2D eigenvalue weighted by atomic mass is 10.1. The number of carbonyl (C=O) groups is 1. The van der Waals surface area contributed by atoms with Gasteiger partial charge in [-0.2, -0.15) is 0 Å². The van der Waals surface area contributed by atoms with E-state index >= 15 is 0 Å². The molecular formula is C16H21N3O. The fraction of sp³-hybridized carbons (Fsp3) is 0.438. The Labute approximate surface area is 119 Å². The van der Waals surface area contributed by atoms with Crippen LogP contribution >= 0.6 is 0 Å². The second-order valence-corrected chi connectivity index (χ2v) is 5.41. The highest BCUT2D eigenvalue weighted by Gasteiger charge is 2.20. The third-order valence-electron chi connectivity index (χ3n) is 3.72. The molecule has 1 fully saturated rings. The predicted octanol–water partition coefficient (Wildman–Crippen LogP) is 2.03. The van der Waals surface area contributed by atoms with E-state index in [2.05, 4.69) is 34.9 Å². The number of benzene rings is 1. The van der Waals surface area contributed by atoms with Crippen molar-refractivity contribution in [1.29, 1.82) is 0 Å². The summed E-state index contributed by atoms with van der Waals surface area (Å²) in [6.07, 6.45) is 4.58. The third-order valence-corrected chi connectivity index (χ3v) is 3.72. The molecule has 0 saturated heterocycles. The van der Waals surface area contributed by atoms with E-state index in [1.54, 1.807) is 0 Å². The van der Waals surface area contributed by atoms with Gasteiger partial charge in [0.25, 0.3) is 0 Å². The second-order valence-electron chi connectivity index (χ2n) is 5.41. The zero-order valence-corrected chi connectivity index (χ0v) is 11.9. The number of fused-ring (bicyclic) bond motifs is 1. The normalized spacial score (nSPS) is 14.7. The molecule has 106 valence electrons. The lowest BCUT2D eigenvalue weighted by Crippen LogP contribution is -2.27. The number of likely N-dealkylation sites (N-methyl/N-ethyl adjacent to an activating group) is 1. The van der Waals surface area contributed by atoms with Gasteiger partial charge in [-0.25, -0.2) is 0 Å². The second kappa shape index (κ2) is 5.67. The van der Waals surface area contributed by atoms with Crippen LogP contribution in [0.5, 0.6) is 0 Å². The molecule has 0 radical (unpaired) electrons. The van der Waals surface area contributed by atoms with Crippen LogP contribution in [0.1, 0.15) is 25.3 Å². The molecule has 3 rings (SSSR count). The number of carbonyl (C=O) groups excluding carboxylic acids is 1. The predicted molar refractivity (Wildman–Crippen MR) is 80.5 cm³/mol. The smallest absolute Gasteiger partial charge is 0.239 e. The first-order valence-electron chi connectivity index (χ1n) is 7.34. The van der Waals surface area contributed by atoms with Crippen LogP contribution in [-0.4, -0.2) is 23.1 Å². The highest BCUT2D eigenvalue weighted by Crippen LogP contribution is 2.23. The van der Waals surface area contributed by atoms with E-state index in [-0.39, 0.29) is 5.91 Å². The number of hydrogen-bond donors (Lipinski definition) is 2. The largest absolute Gasteiger partial charge is 0.355 e. The molecule has 1 aromatic heterocycles. The van der Waals surface area contributed by atoms with E-state index in [4.69, 9.17) is 0 Å². The quantitative estimate of drug-likeness (QED) is 0.844. The summed E-state index contributed by atoms with van der Waals surface area (Å²) in [5, 5.41) is 7.60. The summed E-state index contributed by atoms with van der Waals surface area (Å²) in [5.74, 6) is 0.0648. The molecule has 20 heavy (non-hydrogen) atoms. The van der Waals surface area contributed by atoms with Gasteiger partial charge in [-0.1, -0.05) is 18.2 Å². The molecule has 0 unspecified atom stereocenters. The fourth-order valence-corrected chi connectivity index (χ4v) is 2.56. The zero-order chi connectivity index (χ0) is 13.9. The van der Waals surface area contributed by atoms with Crippen LogP contribution in [0.25, 0.3) is 10.9 Å². The number of nitrogens with one attached hydrogen (secondary N) is 2. The molecule has 1 aromatic carbocycles. The van der Waals surface area contributed by atoms with Crippen molar-refractivity contribution in [3.63, 3.8) is 0 Å². The minimum absolute atomic E-state index is 0.0648. The fourth-order valence-electron chi connectivity index (χ4n) is 2.56. The standard InChI is InChI=1S/C16H21N3O/c1-2-17-15(20)11-19-9-8-12-4-3-5-13(16(12)19)10-18-14-6-7-14/h3-5,8-9,14,18H,2,6-7,10-11H2,1H3,(H,17,20). The van der Waals surface area contributed by atoms with Gasteiger partial charge in [-0.15, -0.1) is 0 Å². The number of para-hydroxylation sites is 1. The van der Waals surface area contributed by atoms with Crippen molar-refractivity contribution in [1.82, 2.24) is 15.2 Å². The molecule has 1 heterocycles. The molecule has 1 saturated carbocycles. The molecule has 0 atom stereocenters. The number of nitrogens with zero attached hydrogens (tertiary/aromatic N) is 1. The summed E-state index contributed by atoms with van der Waals surface area (Å²) >= 11 is 0. The molecule has 2 aromatic rings. The van der Waals surface area contributed by atoms with E-state index < -0.39 is 0 Å². The van der Waals surface area contributed by atoms with Gasteiger partial charge in [0.2, 0.25) is 5.91 Å². The van der Waals surface area contributed by atoms with Gasteiger partial charge in [-0.3, -0.25) is 4.79 Å². The maximum Gasteiger partial charge on any atom is 0.239 e. The molecule has 0 bridgehead atoms. The topological polar surface area (TPSA) is 46.1 Å². The molecule has 0 spiro atoms. The molecule has 4 heteroatoms. The summed E-state index contributed by atoms with van der Waals surface area (Å²) in [4.78, 5) is 11.8. The lowest BCUT2D eigenvalue weighted by Gasteiger charge is -2.10. The van der Waals surface area contributed by atoms with Crippen LogP contribution in [0.15, 0.2) is 30.5 Å². The Morgan fingerprint density at radius 1 is 1.35 bits per heavy atom. The monoisotopic (exact) mass is 271 g/mol. The summed E-state index contributed by atoms with van der Waals surface area (Å²) in [5.41, 5.74) is 2.44. The highest BCUT2D eigenvalue weighted by atomic mass is 16.1. The first-order chi connectivity index (χ1) is 9.78. The van der Waals surface area contributed by atoms with Gasteiger partial charge in [0.1, 0.15) is 6.54 Å². The summed E-state index contributed by atoms with van der Waals surface area (Å²) < 4.78 is 2.05. The number of amides is 1. The average Bonchev–Trinajstić information content (AvgIpc) is 3.18. The Bertz CT molecular complexity index is 613. The van der Waals surface area contributed by atoms with E-state index in [9.17, 15) is 4.79 Å². The van der Waals surface area contributed by atoms with Crippen molar-refractivity contribution in [2.24, 2.45) is 0 Å². The van der Waals surface area contributed by atoms with Crippen LogP contribution < -0.4 is 10.6 Å². The van der Waals surface area contributed by atoms with Gasteiger partial charge in [0.15, 0.2) is 0 Å². The maximum atomic E-state index is 11.8. The van der Waals surface area contributed by atoms with Crippen LogP contribution in [0, 0.1) is 0 Å². The number of rotatable bonds is 6. The highest BCUT2D eigenvalue weighted by molar-refractivity contribution is 5.85. The molecule has 1 aliphatic carbocycles.